The zero-order valence-corrected chi connectivity index (χ0v) is 11.2. The molecule has 3 rings (SSSR count). The molecule has 1 saturated carbocycles. The first kappa shape index (κ1) is 12.3. The summed E-state index contributed by atoms with van der Waals surface area (Å²) in [7, 11) is 0. The molecular formula is C14H19N5. The Morgan fingerprint density at radius 1 is 1.37 bits per heavy atom. The number of rotatable bonds is 6. The van der Waals surface area contributed by atoms with Crippen molar-refractivity contribution in [3.05, 3.63) is 41.5 Å². The van der Waals surface area contributed by atoms with E-state index in [1.54, 1.807) is 0 Å². The molecule has 100 valence electrons. The summed E-state index contributed by atoms with van der Waals surface area (Å²) < 4.78 is 1.87. The van der Waals surface area contributed by atoms with Crippen molar-refractivity contribution in [1.82, 2.24) is 25.3 Å². The second-order valence-corrected chi connectivity index (χ2v) is 5.35. The molecule has 0 atom stereocenters. The largest absolute Gasteiger partial charge is 0.311 e. The SMILES string of the molecule is Cc1cncc(Cn2cc(CNCC3CC3)nn2)c1. The van der Waals surface area contributed by atoms with E-state index in [4.69, 9.17) is 0 Å². The van der Waals surface area contributed by atoms with Crippen molar-refractivity contribution >= 4 is 0 Å². The highest BCUT2D eigenvalue weighted by Gasteiger charge is 2.20. The van der Waals surface area contributed by atoms with Crippen LogP contribution in [0.15, 0.2) is 24.7 Å². The summed E-state index contributed by atoms with van der Waals surface area (Å²) in [4.78, 5) is 4.19. The van der Waals surface area contributed by atoms with Gasteiger partial charge in [-0.3, -0.25) is 4.98 Å². The van der Waals surface area contributed by atoms with Crippen LogP contribution in [-0.4, -0.2) is 26.5 Å². The maximum Gasteiger partial charge on any atom is 0.0964 e. The van der Waals surface area contributed by atoms with Crippen molar-refractivity contribution < 1.29 is 0 Å². The van der Waals surface area contributed by atoms with E-state index in [9.17, 15) is 0 Å². The lowest BCUT2D eigenvalue weighted by atomic mass is 10.2. The number of aryl methyl sites for hydroxylation is 1. The van der Waals surface area contributed by atoms with E-state index in [0.717, 1.165) is 36.8 Å². The van der Waals surface area contributed by atoms with Crippen molar-refractivity contribution in [2.24, 2.45) is 5.92 Å². The van der Waals surface area contributed by atoms with E-state index in [1.807, 2.05) is 30.2 Å². The first-order valence-electron chi connectivity index (χ1n) is 6.80. The molecule has 0 bridgehead atoms. The van der Waals surface area contributed by atoms with E-state index in [1.165, 1.54) is 18.4 Å². The van der Waals surface area contributed by atoms with Crippen molar-refractivity contribution in [1.29, 1.82) is 0 Å². The molecule has 0 aromatic carbocycles. The van der Waals surface area contributed by atoms with E-state index >= 15 is 0 Å². The van der Waals surface area contributed by atoms with Gasteiger partial charge in [-0.25, -0.2) is 4.68 Å². The highest BCUT2D eigenvalue weighted by molar-refractivity contribution is 5.16. The smallest absolute Gasteiger partial charge is 0.0964 e. The quantitative estimate of drug-likeness (QED) is 0.852. The van der Waals surface area contributed by atoms with Gasteiger partial charge in [-0.15, -0.1) is 5.10 Å². The van der Waals surface area contributed by atoms with Crippen LogP contribution in [0.5, 0.6) is 0 Å². The van der Waals surface area contributed by atoms with Crippen molar-refractivity contribution in [3.63, 3.8) is 0 Å². The van der Waals surface area contributed by atoms with Crippen molar-refractivity contribution in [2.75, 3.05) is 6.54 Å². The molecule has 0 spiro atoms. The maximum atomic E-state index is 4.19. The van der Waals surface area contributed by atoms with Crippen LogP contribution in [0.25, 0.3) is 0 Å². The lowest BCUT2D eigenvalue weighted by Crippen LogP contribution is -2.16. The molecule has 0 radical (unpaired) electrons. The standard InChI is InChI=1S/C14H19N5/c1-11-4-13(7-15-5-11)9-19-10-14(17-18-19)8-16-6-12-2-3-12/h4-5,7,10,12,16H,2-3,6,8-9H2,1H3. The summed E-state index contributed by atoms with van der Waals surface area (Å²) in [5.74, 6) is 0.897. The van der Waals surface area contributed by atoms with Crippen LogP contribution in [0, 0.1) is 12.8 Å². The molecule has 19 heavy (non-hydrogen) atoms. The Kier molecular flexibility index (Phi) is 3.55. The van der Waals surface area contributed by atoms with Gasteiger partial charge in [-0.05, 0) is 43.4 Å². The normalized spacial score (nSPS) is 14.8. The van der Waals surface area contributed by atoms with E-state index < -0.39 is 0 Å². The number of nitrogens with zero attached hydrogens (tertiary/aromatic N) is 4. The topological polar surface area (TPSA) is 55.6 Å². The number of aromatic nitrogens is 4. The lowest BCUT2D eigenvalue weighted by molar-refractivity contribution is 0.626. The molecule has 1 fully saturated rings. The van der Waals surface area contributed by atoms with E-state index in [2.05, 4.69) is 26.7 Å². The summed E-state index contributed by atoms with van der Waals surface area (Å²) >= 11 is 0. The van der Waals surface area contributed by atoms with E-state index in [-0.39, 0.29) is 0 Å². The molecule has 1 aliphatic rings. The molecule has 0 saturated heterocycles. The second-order valence-electron chi connectivity index (χ2n) is 5.35. The zero-order chi connectivity index (χ0) is 13.1. The number of hydrogen-bond donors (Lipinski definition) is 1. The fourth-order valence-corrected chi connectivity index (χ4v) is 2.11. The molecule has 0 aliphatic heterocycles. The predicted molar refractivity (Wildman–Crippen MR) is 72.5 cm³/mol. The molecule has 2 aromatic rings. The van der Waals surface area contributed by atoms with Gasteiger partial charge in [-0.1, -0.05) is 11.3 Å². The van der Waals surface area contributed by atoms with Crippen LogP contribution in [-0.2, 0) is 13.1 Å². The minimum atomic E-state index is 0.726. The molecule has 2 aromatic heterocycles. The van der Waals surface area contributed by atoms with Gasteiger partial charge in [0, 0.05) is 18.9 Å². The van der Waals surface area contributed by atoms with Crippen LogP contribution in [0.4, 0.5) is 0 Å². The Balaban J connectivity index is 1.54. The first-order chi connectivity index (χ1) is 9.29. The maximum absolute atomic E-state index is 4.19. The molecular weight excluding hydrogens is 238 g/mol. The van der Waals surface area contributed by atoms with Crippen LogP contribution >= 0.6 is 0 Å². The minimum absolute atomic E-state index is 0.726. The zero-order valence-electron chi connectivity index (χ0n) is 11.2. The molecule has 2 heterocycles. The van der Waals surface area contributed by atoms with Gasteiger partial charge in [0.15, 0.2) is 0 Å². The fourth-order valence-electron chi connectivity index (χ4n) is 2.11. The minimum Gasteiger partial charge on any atom is -0.311 e. The highest BCUT2D eigenvalue weighted by atomic mass is 15.4. The Morgan fingerprint density at radius 3 is 3.05 bits per heavy atom. The molecule has 5 heteroatoms. The van der Waals surface area contributed by atoms with Gasteiger partial charge < -0.3 is 5.32 Å². The Labute approximate surface area is 113 Å². The summed E-state index contributed by atoms with van der Waals surface area (Å²) in [6.07, 6.45) is 8.49. The van der Waals surface area contributed by atoms with Crippen molar-refractivity contribution in [2.45, 2.75) is 32.9 Å². The third-order valence-electron chi connectivity index (χ3n) is 3.30. The average molecular weight is 257 g/mol. The van der Waals surface area contributed by atoms with Gasteiger partial charge in [-0.2, -0.15) is 0 Å². The number of nitrogens with one attached hydrogen (secondary N) is 1. The van der Waals surface area contributed by atoms with Crippen molar-refractivity contribution in [3.8, 4) is 0 Å². The van der Waals surface area contributed by atoms with Crippen LogP contribution in [0.2, 0.25) is 0 Å². The average Bonchev–Trinajstić information content (AvgIpc) is 3.10. The Morgan fingerprint density at radius 2 is 2.26 bits per heavy atom. The van der Waals surface area contributed by atoms with E-state index in [0.29, 0.717) is 0 Å². The van der Waals surface area contributed by atoms with Crippen LogP contribution in [0.1, 0.15) is 29.7 Å². The molecule has 5 nitrogen and oxygen atoms in total. The Hall–Kier alpha value is -1.75. The Bertz CT molecular complexity index is 544. The fraction of sp³-hybridized carbons (Fsp3) is 0.500. The third kappa shape index (κ3) is 3.61. The summed E-state index contributed by atoms with van der Waals surface area (Å²) in [6.45, 7) is 4.69. The summed E-state index contributed by atoms with van der Waals surface area (Å²) in [5.41, 5.74) is 3.33. The first-order valence-corrected chi connectivity index (χ1v) is 6.80. The molecule has 0 amide bonds. The predicted octanol–water partition coefficient (Wildman–Crippen LogP) is 1.53. The van der Waals surface area contributed by atoms with Gasteiger partial charge in [0.05, 0.1) is 18.4 Å². The number of pyridine rings is 1. The van der Waals surface area contributed by atoms with Gasteiger partial charge in [0.1, 0.15) is 0 Å². The molecule has 1 aliphatic carbocycles. The second kappa shape index (κ2) is 5.48. The number of hydrogen-bond acceptors (Lipinski definition) is 4. The third-order valence-corrected chi connectivity index (χ3v) is 3.30. The highest BCUT2D eigenvalue weighted by Crippen LogP contribution is 2.27. The van der Waals surface area contributed by atoms with Crippen LogP contribution in [0.3, 0.4) is 0 Å². The summed E-state index contributed by atoms with van der Waals surface area (Å²) in [6, 6.07) is 2.12. The molecule has 1 N–H and O–H groups in total. The summed E-state index contributed by atoms with van der Waals surface area (Å²) in [5, 5.41) is 11.8. The van der Waals surface area contributed by atoms with Gasteiger partial charge in [0.25, 0.3) is 0 Å². The van der Waals surface area contributed by atoms with Gasteiger partial charge >= 0.3 is 0 Å². The molecule has 0 unspecified atom stereocenters. The van der Waals surface area contributed by atoms with Crippen LogP contribution < -0.4 is 5.32 Å². The monoisotopic (exact) mass is 257 g/mol. The lowest BCUT2D eigenvalue weighted by Gasteiger charge is -2.01. The van der Waals surface area contributed by atoms with Gasteiger partial charge in [0.2, 0.25) is 0 Å².